The molecule has 2 amide bonds. The normalized spacial score (nSPS) is 17.9. The summed E-state index contributed by atoms with van der Waals surface area (Å²) >= 11 is 3.33. The molecule has 3 aromatic carbocycles. The Morgan fingerprint density at radius 1 is 0.732 bits per heavy atom. The second kappa shape index (κ2) is 15.8. The number of furan rings is 1. The first kappa shape index (κ1) is 37.7. The fourth-order valence-corrected chi connectivity index (χ4v) is 14.8. The number of carbonyl (C=O) groups is 2. The molecule has 8 rings (SSSR count). The maximum atomic E-state index is 14.1. The maximum absolute atomic E-state index is 14.1. The molecule has 6 nitrogen and oxygen atoms in total. The van der Waals surface area contributed by atoms with Crippen LogP contribution in [-0.2, 0) is 32.3 Å². The van der Waals surface area contributed by atoms with Gasteiger partial charge in [-0.1, -0.05) is 6.08 Å². The molecular weight excluding hydrogens is 910 g/mol. The molecule has 0 atom stereocenters. The number of nitrogens with zero attached hydrogens (tertiary/aromatic N) is 2. The molecule has 0 N–H and O–H groups in total. The van der Waals surface area contributed by atoms with Crippen molar-refractivity contribution in [3.8, 4) is 4.37 Å². The number of hydrogen-bond acceptors (Lipinski definition) is 5. The van der Waals surface area contributed by atoms with Gasteiger partial charge >= 0.3 is 313 Å². The molecule has 0 unspecified atom stereocenters. The van der Waals surface area contributed by atoms with Gasteiger partial charge in [0.2, 0.25) is 0 Å². The Balaban J connectivity index is 1.41. The number of likely N-dealkylation sites (N-methyl/N-ethyl adjacent to an activating group) is 2. The number of rotatable bonds is 9. The quantitative estimate of drug-likeness (QED) is 0.139. The van der Waals surface area contributed by atoms with Gasteiger partial charge in [-0.3, -0.25) is 0 Å². The van der Waals surface area contributed by atoms with Crippen LogP contribution in [0.1, 0.15) is 35.1 Å². The molecule has 0 aliphatic carbocycles. The first-order valence-corrected chi connectivity index (χ1v) is 22.2. The molecule has 3 aliphatic rings. The van der Waals surface area contributed by atoms with Crippen LogP contribution >= 0.6 is 18.6 Å². The predicted octanol–water partition coefficient (Wildman–Crippen LogP) is 8.55. The summed E-state index contributed by atoms with van der Waals surface area (Å²) in [6.45, 7) is 5.03. The summed E-state index contributed by atoms with van der Waals surface area (Å²) in [5.41, 5.74) is 5.16. The number of amides is 2. The number of benzene rings is 3. The van der Waals surface area contributed by atoms with E-state index in [2.05, 4.69) is 121 Å². The molecule has 1 saturated heterocycles. The van der Waals surface area contributed by atoms with Gasteiger partial charge in [0.25, 0.3) is 0 Å². The van der Waals surface area contributed by atoms with Crippen molar-refractivity contribution in [3.05, 3.63) is 182 Å². The van der Waals surface area contributed by atoms with Gasteiger partial charge in [-0.05, 0) is 19.1 Å². The van der Waals surface area contributed by atoms with E-state index >= 15 is 0 Å². The molecule has 0 radical (unpaired) electrons. The van der Waals surface area contributed by atoms with Gasteiger partial charge in [0, 0.05) is 0 Å². The van der Waals surface area contributed by atoms with Crippen LogP contribution in [0.25, 0.3) is 23.0 Å². The molecule has 0 bridgehead atoms. The van der Waals surface area contributed by atoms with Gasteiger partial charge in [0.05, 0.1) is 0 Å². The molecule has 279 valence electrons. The number of ether oxygens (including phenoxy) is 1. The van der Waals surface area contributed by atoms with E-state index in [1.807, 2.05) is 37.3 Å². The molecule has 56 heavy (non-hydrogen) atoms. The van der Waals surface area contributed by atoms with E-state index in [0.717, 1.165) is 31.8 Å². The minimum absolute atomic E-state index is 0.236. The van der Waals surface area contributed by atoms with E-state index in [-0.39, 0.29) is 11.8 Å². The third-order valence-corrected chi connectivity index (χ3v) is 16.9. The van der Waals surface area contributed by atoms with Crippen molar-refractivity contribution < 1.29 is 36.7 Å². The van der Waals surface area contributed by atoms with Crippen LogP contribution in [0, 0.1) is 4.37 Å². The Kier molecular flexibility index (Phi) is 10.6. The van der Waals surface area contributed by atoms with Gasteiger partial charge in [0.15, 0.2) is 0 Å². The van der Waals surface area contributed by atoms with Crippen molar-refractivity contribution in [2.75, 3.05) is 27.3 Å². The van der Waals surface area contributed by atoms with Crippen LogP contribution in [0.4, 0.5) is 0 Å². The van der Waals surface area contributed by atoms with E-state index < -0.39 is 7.26 Å². The third-order valence-electron chi connectivity index (χ3n) is 10.4. The SMILES string of the molecule is CC=C1COCC1=CC(=C([C]#[Os])[P+](c1ccccc1)(c1ccccc1)c1ccccc1)c1ccc(C2=C3C(=O)N(C)C(c4ccc(/C=C/C)o4)=C3C(=O)N2C)s1. The van der Waals surface area contributed by atoms with Crippen LogP contribution < -0.4 is 15.9 Å². The van der Waals surface area contributed by atoms with Crippen molar-refractivity contribution >= 4 is 69.4 Å². The van der Waals surface area contributed by atoms with Crippen molar-refractivity contribution in [2.24, 2.45) is 0 Å². The van der Waals surface area contributed by atoms with Crippen LogP contribution in [0.2, 0.25) is 0 Å². The van der Waals surface area contributed by atoms with Gasteiger partial charge in [0.1, 0.15) is 5.76 Å². The minimum atomic E-state index is -2.57. The Morgan fingerprint density at radius 3 is 1.84 bits per heavy atom. The van der Waals surface area contributed by atoms with Crippen molar-refractivity contribution in [2.45, 2.75) is 13.8 Å². The van der Waals surface area contributed by atoms with E-state index in [0.29, 0.717) is 47.3 Å². The van der Waals surface area contributed by atoms with E-state index in [1.54, 1.807) is 48.3 Å². The Morgan fingerprint density at radius 2 is 1.29 bits per heavy atom. The molecule has 0 saturated carbocycles. The second-order valence-corrected chi connectivity index (χ2v) is 18.6. The Hall–Kier alpha value is -5.17. The zero-order valence-electron chi connectivity index (χ0n) is 31.4. The van der Waals surface area contributed by atoms with E-state index in [1.165, 1.54) is 20.8 Å². The number of allylic oxidation sites excluding steroid dienone is 5. The number of hydrogen-bond donors (Lipinski definition) is 0. The first-order chi connectivity index (χ1) is 27.3. The fourth-order valence-electron chi connectivity index (χ4n) is 7.81. The summed E-state index contributed by atoms with van der Waals surface area (Å²) in [6.07, 6.45) is 8.16. The van der Waals surface area contributed by atoms with Crippen LogP contribution in [0.5, 0.6) is 0 Å². The third kappa shape index (κ3) is 6.24. The molecular formula is C47H39N2O4OsPS+. The average molecular weight is 949 g/mol. The fraction of sp³-hybridized carbons (Fsp3) is 0.128. The summed E-state index contributed by atoms with van der Waals surface area (Å²) in [7, 11) is 0.878. The molecule has 1 fully saturated rings. The van der Waals surface area contributed by atoms with Crippen molar-refractivity contribution in [1.82, 2.24) is 9.80 Å². The Bertz CT molecular complexity index is 2510. The second-order valence-electron chi connectivity index (χ2n) is 13.5. The summed E-state index contributed by atoms with van der Waals surface area (Å²) in [4.78, 5) is 33.2. The van der Waals surface area contributed by atoms with Crippen LogP contribution in [-0.4, -0.2) is 48.9 Å². The number of carbonyl (C=O) groups excluding carboxylic acids is 2. The van der Waals surface area contributed by atoms with E-state index in [9.17, 15) is 9.59 Å². The van der Waals surface area contributed by atoms with Crippen molar-refractivity contribution in [1.29, 1.82) is 0 Å². The summed E-state index contributed by atoms with van der Waals surface area (Å²) in [6, 6.07) is 40.2. The monoisotopic (exact) mass is 950 g/mol. The summed E-state index contributed by atoms with van der Waals surface area (Å²) in [5, 5.41) is 4.76. The zero-order valence-corrected chi connectivity index (χ0v) is 35.7. The Labute approximate surface area is 341 Å². The molecule has 9 heteroatoms. The van der Waals surface area contributed by atoms with Gasteiger partial charge in [-0.15, -0.1) is 0 Å². The summed E-state index contributed by atoms with van der Waals surface area (Å²) in [5.74, 6) is 0.658. The van der Waals surface area contributed by atoms with Crippen LogP contribution in [0.15, 0.2) is 166 Å². The summed E-state index contributed by atoms with van der Waals surface area (Å²) < 4.78 is 15.9. The van der Waals surface area contributed by atoms with Gasteiger partial charge in [-0.25, -0.2) is 0 Å². The van der Waals surface area contributed by atoms with E-state index in [4.69, 9.17) is 9.15 Å². The van der Waals surface area contributed by atoms with Crippen LogP contribution in [0.3, 0.4) is 0 Å². The molecule has 3 aliphatic heterocycles. The van der Waals surface area contributed by atoms with Crippen molar-refractivity contribution in [3.63, 3.8) is 0 Å². The first-order valence-electron chi connectivity index (χ1n) is 18.3. The van der Waals surface area contributed by atoms with Gasteiger partial charge < -0.3 is 0 Å². The topological polar surface area (TPSA) is 63.0 Å². The predicted molar refractivity (Wildman–Crippen MR) is 226 cm³/mol. The number of thiophene rings is 1. The molecule has 0 spiro atoms. The standard InChI is InChI=1S/C47H39N2O4PS.Os/c1-6-17-34-24-25-39(53-34)44-42-43(47(51)48(44)4)45(49(5)46(42)50)41-27-26-40(55-41)38(28-33-30-52-29-32(33)7-2)31(3)54(35-18-11-8-12-19-35,36-20-13-9-14-21-36)37-22-15-10-16-23-37;/h6-28H,29-30H2,1-2,4-5H3;/q+1;/b17-6+,32-7?,33-28?,38-31?;. The number of fused-ring (bicyclic) bond motifs is 1. The zero-order chi connectivity index (χ0) is 39.0. The average Bonchev–Trinajstić information content (AvgIpc) is 4.08. The molecule has 5 aromatic rings. The molecule has 5 heterocycles. The molecule has 2 aromatic heterocycles. The van der Waals surface area contributed by atoms with Gasteiger partial charge in [-0.2, -0.15) is 0 Å².